The molecule has 0 saturated carbocycles. The lowest BCUT2D eigenvalue weighted by Gasteiger charge is -2.09. The van der Waals surface area contributed by atoms with E-state index in [0.717, 1.165) is 11.3 Å². The predicted octanol–water partition coefficient (Wildman–Crippen LogP) is 4.74. The molecule has 1 aromatic heterocycles. The first-order valence-electron chi connectivity index (χ1n) is 8.43. The summed E-state index contributed by atoms with van der Waals surface area (Å²) < 4.78 is 10.5. The maximum atomic E-state index is 12.5. The smallest absolute Gasteiger partial charge is 0.185 e. The second-order valence-electron chi connectivity index (χ2n) is 5.70. The lowest BCUT2D eigenvalue weighted by atomic mass is 10.1. The Morgan fingerprint density at radius 2 is 1.74 bits per heavy atom. The summed E-state index contributed by atoms with van der Waals surface area (Å²) in [4.78, 5) is 16.9. The first kappa shape index (κ1) is 18.2. The minimum Gasteiger partial charge on any atom is -0.493 e. The number of pyridine rings is 1. The van der Waals surface area contributed by atoms with E-state index in [1.54, 1.807) is 44.7 Å². The van der Waals surface area contributed by atoms with Gasteiger partial charge in [-0.1, -0.05) is 18.2 Å². The monoisotopic (exact) mass is 360 g/mol. The molecule has 3 rings (SSSR count). The maximum absolute atomic E-state index is 12.5. The van der Waals surface area contributed by atoms with Crippen LogP contribution >= 0.6 is 0 Å². The molecule has 0 aliphatic carbocycles. The molecule has 5 heteroatoms. The number of carbonyl (C=O) groups is 1. The van der Waals surface area contributed by atoms with E-state index >= 15 is 0 Å². The number of hydrogen-bond acceptors (Lipinski definition) is 5. The quantitative estimate of drug-likeness (QED) is 0.487. The SMILES string of the molecule is COc1ccc(C(=O)C=Cc2cccnc2Nc2ccccc2)cc1OC. The van der Waals surface area contributed by atoms with Crippen LogP contribution in [0.1, 0.15) is 15.9 Å². The van der Waals surface area contributed by atoms with Crippen LogP contribution in [0.3, 0.4) is 0 Å². The average molecular weight is 360 g/mol. The van der Waals surface area contributed by atoms with Crippen molar-refractivity contribution in [1.82, 2.24) is 4.98 Å². The number of methoxy groups -OCH3 is 2. The van der Waals surface area contributed by atoms with Gasteiger partial charge >= 0.3 is 0 Å². The molecule has 0 saturated heterocycles. The number of nitrogens with zero attached hydrogens (tertiary/aromatic N) is 1. The zero-order valence-corrected chi connectivity index (χ0v) is 15.2. The summed E-state index contributed by atoms with van der Waals surface area (Å²) in [5, 5.41) is 3.26. The average Bonchev–Trinajstić information content (AvgIpc) is 2.73. The molecule has 1 heterocycles. The van der Waals surface area contributed by atoms with Gasteiger partial charge in [0.2, 0.25) is 0 Å². The van der Waals surface area contributed by atoms with Crippen molar-refractivity contribution < 1.29 is 14.3 Å². The molecule has 136 valence electrons. The highest BCUT2D eigenvalue weighted by Gasteiger charge is 2.09. The van der Waals surface area contributed by atoms with Crippen LogP contribution in [0.25, 0.3) is 6.08 Å². The number of ketones is 1. The van der Waals surface area contributed by atoms with Crippen molar-refractivity contribution in [3.63, 3.8) is 0 Å². The molecule has 0 aliphatic heterocycles. The Morgan fingerprint density at radius 3 is 2.48 bits per heavy atom. The Bertz CT molecular complexity index is 953. The van der Waals surface area contributed by atoms with E-state index in [1.807, 2.05) is 42.5 Å². The van der Waals surface area contributed by atoms with E-state index in [0.29, 0.717) is 22.9 Å². The van der Waals surface area contributed by atoms with Crippen molar-refractivity contribution in [2.45, 2.75) is 0 Å². The van der Waals surface area contributed by atoms with Crippen molar-refractivity contribution in [3.05, 3.63) is 84.1 Å². The number of carbonyl (C=O) groups excluding carboxylic acids is 1. The van der Waals surface area contributed by atoms with Gasteiger partial charge in [-0.3, -0.25) is 4.79 Å². The highest BCUT2D eigenvalue weighted by molar-refractivity contribution is 6.07. The van der Waals surface area contributed by atoms with Gasteiger partial charge in [-0.15, -0.1) is 0 Å². The largest absolute Gasteiger partial charge is 0.493 e. The lowest BCUT2D eigenvalue weighted by Crippen LogP contribution is -1.98. The highest BCUT2D eigenvalue weighted by atomic mass is 16.5. The standard InChI is InChI=1S/C22H20N2O3/c1-26-20-13-11-17(15-21(20)27-2)19(25)12-10-16-7-6-14-23-22(16)24-18-8-4-3-5-9-18/h3-15H,1-2H3,(H,23,24). The minimum atomic E-state index is -0.134. The summed E-state index contributed by atoms with van der Waals surface area (Å²) in [7, 11) is 3.10. The van der Waals surface area contributed by atoms with Gasteiger partial charge in [-0.25, -0.2) is 4.98 Å². The molecule has 0 spiro atoms. The van der Waals surface area contributed by atoms with Gasteiger partial charge in [-0.2, -0.15) is 0 Å². The summed E-state index contributed by atoms with van der Waals surface area (Å²) in [6, 6.07) is 18.6. The number of aromatic nitrogens is 1. The van der Waals surface area contributed by atoms with Crippen LogP contribution in [0.4, 0.5) is 11.5 Å². The Kier molecular flexibility index (Phi) is 5.84. The Labute approximate surface area is 158 Å². The van der Waals surface area contributed by atoms with Crippen molar-refractivity contribution in [2.75, 3.05) is 19.5 Å². The minimum absolute atomic E-state index is 0.134. The third-order valence-corrected chi connectivity index (χ3v) is 3.96. The fourth-order valence-corrected chi connectivity index (χ4v) is 2.57. The number of benzene rings is 2. The van der Waals surface area contributed by atoms with Crippen LogP contribution in [-0.2, 0) is 0 Å². The second kappa shape index (κ2) is 8.67. The molecule has 0 aliphatic rings. The topological polar surface area (TPSA) is 60.5 Å². The summed E-state index contributed by atoms with van der Waals surface area (Å²) in [5.41, 5.74) is 2.26. The van der Waals surface area contributed by atoms with E-state index in [9.17, 15) is 4.79 Å². The van der Waals surface area contributed by atoms with Gasteiger partial charge in [0.1, 0.15) is 5.82 Å². The molecule has 2 aromatic carbocycles. The molecular weight excluding hydrogens is 340 g/mol. The number of nitrogens with one attached hydrogen (secondary N) is 1. The third kappa shape index (κ3) is 4.52. The van der Waals surface area contributed by atoms with Gasteiger partial charge in [0.15, 0.2) is 17.3 Å². The first-order valence-corrected chi connectivity index (χ1v) is 8.43. The van der Waals surface area contributed by atoms with E-state index < -0.39 is 0 Å². The number of hydrogen-bond donors (Lipinski definition) is 1. The second-order valence-corrected chi connectivity index (χ2v) is 5.70. The fourth-order valence-electron chi connectivity index (χ4n) is 2.57. The molecule has 0 bridgehead atoms. The van der Waals surface area contributed by atoms with Crippen LogP contribution < -0.4 is 14.8 Å². The van der Waals surface area contributed by atoms with Gasteiger partial charge in [-0.05, 0) is 54.6 Å². The number of para-hydroxylation sites is 1. The van der Waals surface area contributed by atoms with Crippen LogP contribution in [0, 0.1) is 0 Å². The molecule has 0 amide bonds. The van der Waals surface area contributed by atoms with Gasteiger partial charge in [0, 0.05) is 23.0 Å². The summed E-state index contributed by atoms with van der Waals surface area (Å²) in [6.07, 6.45) is 4.98. The van der Waals surface area contributed by atoms with E-state index in [1.165, 1.54) is 6.08 Å². The van der Waals surface area contributed by atoms with Crippen molar-refractivity contribution in [3.8, 4) is 11.5 Å². The van der Waals surface area contributed by atoms with E-state index in [2.05, 4.69) is 10.3 Å². The summed E-state index contributed by atoms with van der Waals surface area (Å²) in [6.45, 7) is 0. The number of rotatable bonds is 7. The van der Waals surface area contributed by atoms with Crippen LogP contribution in [0.5, 0.6) is 11.5 Å². The fraction of sp³-hybridized carbons (Fsp3) is 0.0909. The lowest BCUT2D eigenvalue weighted by molar-refractivity contribution is 0.104. The molecular formula is C22H20N2O3. The zero-order chi connectivity index (χ0) is 19.1. The van der Waals surface area contributed by atoms with Crippen LogP contribution in [0.15, 0.2) is 72.9 Å². The molecule has 3 aromatic rings. The van der Waals surface area contributed by atoms with Crippen molar-refractivity contribution in [2.24, 2.45) is 0 Å². The third-order valence-electron chi connectivity index (χ3n) is 3.96. The maximum Gasteiger partial charge on any atom is 0.185 e. The first-order chi connectivity index (χ1) is 13.2. The molecule has 5 nitrogen and oxygen atoms in total. The molecule has 27 heavy (non-hydrogen) atoms. The van der Waals surface area contributed by atoms with E-state index in [-0.39, 0.29) is 5.78 Å². The normalized spacial score (nSPS) is 10.6. The van der Waals surface area contributed by atoms with E-state index in [4.69, 9.17) is 9.47 Å². The number of ether oxygens (including phenoxy) is 2. The predicted molar refractivity (Wildman–Crippen MR) is 107 cm³/mol. The van der Waals surface area contributed by atoms with Crippen LogP contribution in [-0.4, -0.2) is 25.0 Å². The Morgan fingerprint density at radius 1 is 0.963 bits per heavy atom. The van der Waals surface area contributed by atoms with Gasteiger partial charge in [0.05, 0.1) is 14.2 Å². The molecule has 0 atom stereocenters. The van der Waals surface area contributed by atoms with Crippen molar-refractivity contribution >= 4 is 23.4 Å². The Hall–Kier alpha value is -3.60. The zero-order valence-electron chi connectivity index (χ0n) is 15.2. The highest BCUT2D eigenvalue weighted by Crippen LogP contribution is 2.28. The molecule has 0 fully saturated rings. The molecule has 0 unspecified atom stereocenters. The van der Waals surface area contributed by atoms with Gasteiger partial charge in [0.25, 0.3) is 0 Å². The van der Waals surface area contributed by atoms with Gasteiger partial charge < -0.3 is 14.8 Å². The molecule has 0 radical (unpaired) electrons. The number of allylic oxidation sites excluding steroid dienone is 1. The summed E-state index contributed by atoms with van der Waals surface area (Å²) in [5.74, 6) is 1.65. The number of anilines is 2. The summed E-state index contributed by atoms with van der Waals surface area (Å²) >= 11 is 0. The Balaban J connectivity index is 1.81. The van der Waals surface area contributed by atoms with Crippen LogP contribution in [0.2, 0.25) is 0 Å². The van der Waals surface area contributed by atoms with Crippen molar-refractivity contribution in [1.29, 1.82) is 0 Å². The molecule has 1 N–H and O–H groups in total.